The Morgan fingerprint density at radius 1 is 1.31 bits per heavy atom. The van der Waals surface area contributed by atoms with Crippen molar-refractivity contribution < 1.29 is 4.74 Å². The number of piperidine rings is 1. The number of hydrogen-bond acceptors (Lipinski definition) is 3. The summed E-state index contributed by atoms with van der Waals surface area (Å²) in [6.45, 7) is 12.7. The van der Waals surface area contributed by atoms with Gasteiger partial charge >= 0.3 is 0 Å². The predicted molar refractivity (Wildman–Crippen MR) is 110 cm³/mol. The number of benzene rings is 1. The first-order chi connectivity index (χ1) is 12.7. The van der Waals surface area contributed by atoms with Crippen LogP contribution in [0.5, 0.6) is 5.75 Å². The molecule has 0 amide bonds. The molecule has 5 heteroatoms. The van der Waals surface area contributed by atoms with Gasteiger partial charge in [0.2, 0.25) is 0 Å². The van der Waals surface area contributed by atoms with Gasteiger partial charge in [-0.3, -0.25) is 4.99 Å². The lowest BCUT2D eigenvalue weighted by molar-refractivity contribution is 0.186. The number of ether oxygens (including phenoxy) is 1. The lowest BCUT2D eigenvalue weighted by atomic mass is 9.98. The molecule has 0 spiro atoms. The minimum absolute atomic E-state index is 0.677. The van der Waals surface area contributed by atoms with E-state index >= 15 is 0 Å². The van der Waals surface area contributed by atoms with Gasteiger partial charge in [-0.2, -0.15) is 0 Å². The van der Waals surface area contributed by atoms with Crippen LogP contribution < -0.4 is 15.4 Å². The Hall–Kier alpha value is -1.75. The Bertz CT molecular complexity index is 573. The van der Waals surface area contributed by atoms with Crippen molar-refractivity contribution in [2.75, 3.05) is 46.4 Å². The summed E-state index contributed by atoms with van der Waals surface area (Å²) in [6, 6.07) is 6.34. The topological polar surface area (TPSA) is 48.9 Å². The number of nitrogens with one attached hydrogen (secondary N) is 2. The van der Waals surface area contributed by atoms with Gasteiger partial charge in [0, 0.05) is 26.2 Å². The fourth-order valence-corrected chi connectivity index (χ4v) is 3.57. The van der Waals surface area contributed by atoms with Crippen LogP contribution in [0.2, 0.25) is 0 Å². The highest BCUT2D eigenvalue weighted by molar-refractivity contribution is 5.79. The Balaban J connectivity index is 1.86. The van der Waals surface area contributed by atoms with E-state index in [0.717, 1.165) is 44.3 Å². The number of rotatable bonds is 8. The molecule has 1 atom stereocenters. The summed E-state index contributed by atoms with van der Waals surface area (Å²) in [5.41, 5.74) is 2.50. The third-order valence-corrected chi connectivity index (χ3v) is 5.02. The second-order valence-corrected chi connectivity index (χ2v) is 7.11. The average molecular weight is 361 g/mol. The highest BCUT2D eigenvalue weighted by Gasteiger charge is 2.18. The normalized spacial score (nSPS) is 18.6. The number of aliphatic imine (C=N–C) groups is 1. The number of hydrogen-bond donors (Lipinski definition) is 2. The standard InChI is InChI=1S/C21H36N4O/c1-5-22-21(24-15-18-8-7-13-25(6-2)16-18)23-12-11-19-14-17(3)9-10-20(19)26-4/h9-10,14,18H,5-8,11-13,15-16H2,1-4H3,(H2,22,23,24). The predicted octanol–water partition coefficient (Wildman–Crippen LogP) is 2.83. The lowest BCUT2D eigenvalue weighted by Crippen LogP contribution is -2.40. The Morgan fingerprint density at radius 3 is 2.88 bits per heavy atom. The average Bonchev–Trinajstić information content (AvgIpc) is 2.66. The third kappa shape index (κ3) is 6.52. The van der Waals surface area contributed by atoms with Crippen LogP contribution in [-0.4, -0.2) is 57.2 Å². The van der Waals surface area contributed by atoms with Crippen molar-refractivity contribution in [3.63, 3.8) is 0 Å². The third-order valence-electron chi connectivity index (χ3n) is 5.02. The molecule has 0 aromatic heterocycles. The SMILES string of the molecule is CCNC(=NCC1CCCN(CC)C1)NCCc1cc(C)ccc1OC. The summed E-state index contributed by atoms with van der Waals surface area (Å²) < 4.78 is 5.47. The fraction of sp³-hybridized carbons (Fsp3) is 0.667. The molecule has 1 aromatic carbocycles. The van der Waals surface area contributed by atoms with E-state index in [1.165, 1.54) is 37.1 Å². The van der Waals surface area contributed by atoms with Crippen molar-refractivity contribution >= 4 is 5.96 Å². The van der Waals surface area contributed by atoms with Gasteiger partial charge in [0.15, 0.2) is 5.96 Å². The van der Waals surface area contributed by atoms with E-state index in [9.17, 15) is 0 Å². The van der Waals surface area contributed by atoms with Gasteiger partial charge in [0.1, 0.15) is 5.75 Å². The molecule has 1 unspecified atom stereocenters. The molecule has 1 aliphatic heterocycles. The molecule has 1 heterocycles. The Kier molecular flexibility index (Phi) is 8.75. The maximum absolute atomic E-state index is 5.47. The zero-order chi connectivity index (χ0) is 18.8. The summed E-state index contributed by atoms with van der Waals surface area (Å²) in [4.78, 5) is 7.37. The molecule has 0 bridgehead atoms. The Morgan fingerprint density at radius 2 is 2.15 bits per heavy atom. The van der Waals surface area contributed by atoms with Gasteiger partial charge in [-0.05, 0) is 63.7 Å². The van der Waals surface area contributed by atoms with Crippen LogP contribution in [0.25, 0.3) is 0 Å². The molecular weight excluding hydrogens is 324 g/mol. The number of guanidine groups is 1. The molecule has 1 saturated heterocycles. The van der Waals surface area contributed by atoms with Crippen molar-refractivity contribution in [2.24, 2.45) is 10.9 Å². The smallest absolute Gasteiger partial charge is 0.191 e. The van der Waals surface area contributed by atoms with E-state index in [2.05, 4.69) is 48.4 Å². The maximum Gasteiger partial charge on any atom is 0.191 e. The van der Waals surface area contributed by atoms with Crippen LogP contribution in [0.4, 0.5) is 0 Å². The van der Waals surface area contributed by atoms with E-state index in [1.807, 2.05) is 6.07 Å². The molecule has 0 saturated carbocycles. The van der Waals surface area contributed by atoms with Crippen molar-refractivity contribution in [3.05, 3.63) is 29.3 Å². The van der Waals surface area contributed by atoms with Crippen molar-refractivity contribution in [2.45, 2.75) is 40.0 Å². The van der Waals surface area contributed by atoms with Crippen LogP contribution in [-0.2, 0) is 6.42 Å². The molecule has 146 valence electrons. The first-order valence-electron chi connectivity index (χ1n) is 10.0. The molecule has 1 fully saturated rings. The number of nitrogens with zero attached hydrogens (tertiary/aromatic N) is 2. The van der Waals surface area contributed by atoms with E-state index in [0.29, 0.717) is 5.92 Å². The summed E-state index contributed by atoms with van der Waals surface area (Å²) in [5.74, 6) is 2.56. The van der Waals surface area contributed by atoms with Crippen LogP contribution in [0.3, 0.4) is 0 Å². The van der Waals surface area contributed by atoms with E-state index in [4.69, 9.17) is 9.73 Å². The minimum atomic E-state index is 0.677. The second-order valence-electron chi connectivity index (χ2n) is 7.11. The van der Waals surface area contributed by atoms with Crippen LogP contribution in [0.15, 0.2) is 23.2 Å². The molecule has 26 heavy (non-hydrogen) atoms. The van der Waals surface area contributed by atoms with Gasteiger partial charge in [0.25, 0.3) is 0 Å². The van der Waals surface area contributed by atoms with Crippen molar-refractivity contribution in [1.29, 1.82) is 0 Å². The molecule has 2 rings (SSSR count). The summed E-state index contributed by atoms with van der Waals surface area (Å²) in [7, 11) is 1.73. The molecule has 2 N–H and O–H groups in total. The largest absolute Gasteiger partial charge is 0.496 e. The summed E-state index contributed by atoms with van der Waals surface area (Å²) in [5, 5.41) is 6.84. The molecule has 1 aromatic rings. The van der Waals surface area contributed by atoms with Gasteiger partial charge < -0.3 is 20.3 Å². The molecular formula is C21H36N4O. The maximum atomic E-state index is 5.47. The van der Waals surface area contributed by atoms with Gasteiger partial charge in [-0.25, -0.2) is 0 Å². The highest BCUT2D eigenvalue weighted by Crippen LogP contribution is 2.20. The highest BCUT2D eigenvalue weighted by atomic mass is 16.5. The van der Waals surface area contributed by atoms with Crippen LogP contribution in [0.1, 0.15) is 37.8 Å². The van der Waals surface area contributed by atoms with Gasteiger partial charge in [-0.1, -0.05) is 24.6 Å². The number of likely N-dealkylation sites (tertiary alicyclic amines) is 1. The second kappa shape index (κ2) is 11.1. The fourth-order valence-electron chi connectivity index (χ4n) is 3.57. The molecule has 0 radical (unpaired) electrons. The lowest BCUT2D eigenvalue weighted by Gasteiger charge is -2.31. The number of methoxy groups -OCH3 is 1. The van der Waals surface area contributed by atoms with Gasteiger partial charge in [0.05, 0.1) is 7.11 Å². The van der Waals surface area contributed by atoms with Crippen molar-refractivity contribution in [1.82, 2.24) is 15.5 Å². The quantitative estimate of drug-likeness (QED) is 0.553. The van der Waals surface area contributed by atoms with E-state index in [-0.39, 0.29) is 0 Å². The minimum Gasteiger partial charge on any atom is -0.496 e. The van der Waals surface area contributed by atoms with Crippen LogP contribution in [0, 0.1) is 12.8 Å². The monoisotopic (exact) mass is 360 g/mol. The van der Waals surface area contributed by atoms with Gasteiger partial charge in [-0.15, -0.1) is 0 Å². The summed E-state index contributed by atoms with van der Waals surface area (Å²) in [6.07, 6.45) is 3.51. The van der Waals surface area contributed by atoms with E-state index in [1.54, 1.807) is 7.11 Å². The first kappa shape index (κ1) is 20.6. The zero-order valence-electron chi connectivity index (χ0n) is 17.0. The zero-order valence-corrected chi connectivity index (χ0v) is 17.0. The molecule has 5 nitrogen and oxygen atoms in total. The summed E-state index contributed by atoms with van der Waals surface area (Å²) >= 11 is 0. The first-order valence-corrected chi connectivity index (χ1v) is 10.0. The van der Waals surface area contributed by atoms with Crippen molar-refractivity contribution in [3.8, 4) is 5.75 Å². The number of aryl methyl sites for hydroxylation is 1. The molecule has 1 aliphatic rings. The Labute approximate surface area is 159 Å². The van der Waals surface area contributed by atoms with E-state index < -0.39 is 0 Å². The van der Waals surface area contributed by atoms with Crippen LogP contribution >= 0.6 is 0 Å². The molecule has 0 aliphatic carbocycles.